The Morgan fingerprint density at radius 1 is 0.938 bits per heavy atom. The topological polar surface area (TPSA) is 3.88 Å². The van der Waals surface area contributed by atoms with Crippen LogP contribution in [-0.4, -0.2) is 0 Å². The van der Waals surface area contributed by atoms with Crippen molar-refractivity contribution in [2.45, 2.75) is 25.3 Å². The molecule has 1 heterocycles. The standard InChI is InChI=1S/C15H16N/c1-2-6-13(7-3-1)12-16-11-5-4-8-15(16)14-9-10-14/h1-8,11,14H,9-10,12H2/q+1. The lowest BCUT2D eigenvalue weighted by atomic mass is 10.2. The second-order valence-electron chi connectivity index (χ2n) is 4.51. The zero-order valence-corrected chi connectivity index (χ0v) is 9.34. The third-order valence-corrected chi connectivity index (χ3v) is 3.17. The average molecular weight is 210 g/mol. The van der Waals surface area contributed by atoms with Gasteiger partial charge in [-0.3, -0.25) is 0 Å². The summed E-state index contributed by atoms with van der Waals surface area (Å²) in [6.07, 6.45) is 4.91. The molecule has 80 valence electrons. The van der Waals surface area contributed by atoms with Gasteiger partial charge >= 0.3 is 0 Å². The Labute approximate surface area is 96.4 Å². The number of rotatable bonds is 3. The maximum Gasteiger partial charge on any atom is 0.184 e. The minimum Gasteiger partial charge on any atom is -0.198 e. The Morgan fingerprint density at radius 3 is 2.44 bits per heavy atom. The maximum absolute atomic E-state index is 2.38. The van der Waals surface area contributed by atoms with Gasteiger partial charge in [-0.25, -0.2) is 0 Å². The molecule has 1 aliphatic carbocycles. The molecule has 1 aliphatic rings. The molecule has 0 unspecified atom stereocenters. The fourth-order valence-electron chi connectivity index (χ4n) is 2.16. The van der Waals surface area contributed by atoms with Crippen molar-refractivity contribution in [3.05, 3.63) is 66.0 Å². The van der Waals surface area contributed by atoms with E-state index in [1.807, 2.05) is 0 Å². The summed E-state index contributed by atoms with van der Waals surface area (Å²) < 4.78 is 2.38. The van der Waals surface area contributed by atoms with E-state index in [2.05, 4.69) is 59.3 Å². The summed E-state index contributed by atoms with van der Waals surface area (Å²) >= 11 is 0. The minimum absolute atomic E-state index is 0.810. The van der Waals surface area contributed by atoms with Crippen molar-refractivity contribution in [3.8, 4) is 0 Å². The summed E-state index contributed by atoms with van der Waals surface area (Å²) in [4.78, 5) is 0. The lowest BCUT2D eigenvalue weighted by Gasteiger charge is -2.02. The number of aromatic nitrogens is 1. The molecule has 1 aromatic carbocycles. The normalized spacial score (nSPS) is 15.0. The fourth-order valence-corrected chi connectivity index (χ4v) is 2.16. The number of hydrogen-bond acceptors (Lipinski definition) is 0. The number of pyridine rings is 1. The highest BCUT2D eigenvalue weighted by Gasteiger charge is 2.31. The van der Waals surface area contributed by atoms with Gasteiger partial charge in [0.1, 0.15) is 0 Å². The van der Waals surface area contributed by atoms with Gasteiger partial charge in [0.25, 0.3) is 0 Å². The molecule has 0 saturated heterocycles. The second kappa shape index (κ2) is 4.09. The lowest BCUT2D eigenvalue weighted by molar-refractivity contribution is -0.696. The number of hydrogen-bond donors (Lipinski definition) is 0. The molecule has 1 fully saturated rings. The van der Waals surface area contributed by atoms with E-state index in [9.17, 15) is 0 Å². The molecule has 0 radical (unpaired) electrons. The van der Waals surface area contributed by atoms with Crippen LogP contribution in [0.2, 0.25) is 0 Å². The van der Waals surface area contributed by atoms with Crippen molar-refractivity contribution in [2.75, 3.05) is 0 Å². The smallest absolute Gasteiger partial charge is 0.184 e. The molecule has 0 amide bonds. The maximum atomic E-state index is 2.38. The van der Waals surface area contributed by atoms with Crippen LogP contribution in [0.5, 0.6) is 0 Å². The van der Waals surface area contributed by atoms with E-state index in [1.165, 1.54) is 24.1 Å². The van der Waals surface area contributed by atoms with Crippen molar-refractivity contribution in [2.24, 2.45) is 0 Å². The third kappa shape index (κ3) is 1.99. The molecular weight excluding hydrogens is 194 g/mol. The van der Waals surface area contributed by atoms with Crippen molar-refractivity contribution in [1.82, 2.24) is 0 Å². The SMILES string of the molecule is c1ccc(C[n+]2ccccc2C2CC2)cc1. The van der Waals surface area contributed by atoms with E-state index in [1.54, 1.807) is 0 Å². The van der Waals surface area contributed by atoms with Gasteiger partial charge in [-0.1, -0.05) is 36.4 Å². The summed E-state index contributed by atoms with van der Waals surface area (Å²) in [5.74, 6) is 0.810. The predicted octanol–water partition coefficient (Wildman–Crippen LogP) is 2.90. The van der Waals surface area contributed by atoms with Crippen LogP contribution in [0.4, 0.5) is 0 Å². The third-order valence-electron chi connectivity index (χ3n) is 3.17. The minimum atomic E-state index is 0.810. The molecule has 16 heavy (non-hydrogen) atoms. The lowest BCUT2D eigenvalue weighted by Crippen LogP contribution is -2.38. The summed E-state index contributed by atoms with van der Waals surface area (Å²) in [5.41, 5.74) is 2.87. The molecule has 0 spiro atoms. The van der Waals surface area contributed by atoms with E-state index < -0.39 is 0 Å². The fraction of sp³-hybridized carbons (Fsp3) is 0.267. The van der Waals surface area contributed by atoms with Crippen LogP contribution in [0.1, 0.15) is 30.0 Å². The van der Waals surface area contributed by atoms with Crippen LogP contribution in [0.25, 0.3) is 0 Å². The highest BCUT2D eigenvalue weighted by Crippen LogP contribution is 2.38. The summed E-state index contributed by atoms with van der Waals surface area (Å²) in [7, 11) is 0. The Bertz CT molecular complexity index is 472. The van der Waals surface area contributed by atoms with E-state index in [0.29, 0.717) is 0 Å². The van der Waals surface area contributed by atoms with Gasteiger partial charge in [0.05, 0.1) is 0 Å². The predicted molar refractivity (Wildman–Crippen MR) is 64.2 cm³/mol. The molecule has 1 aromatic heterocycles. The van der Waals surface area contributed by atoms with Crippen molar-refractivity contribution in [1.29, 1.82) is 0 Å². The molecule has 1 heteroatoms. The Morgan fingerprint density at radius 2 is 1.69 bits per heavy atom. The Kier molecular flexibility index (Phi) is 2.45. The monoisotopic (exact) mass is 210 g/mol. The second-order valence-corrected chi connectivity index (χ2v) is 4.51. The van der Waals surface area contributed by atoms with Gasteiger partial charge < -0.3 is 0 Å². The first-order chi connectivity index (χ1) is 7.93. The molecule has 2 aromatic rings. The van der Waals surface area contributed by atoms with Gasteiger partial charge in [-0.05, 0) is 12.8 Å². The number of nitrogens with zero attached hydrogens (tertiary/aromatic N) is 1. The van der Waals surface area contributed by atoms with Crippen LogP contribution >= 0.6 is 0 Å². The van der Waals surface area contributed by atoms with Gasteiger partial charge in [0, 0.05) is 23.6 Å². The van der Waals surface area contributed by atoms with Crippen LogP contribution in [0, 0.1) is 0 Å². The largest absolute Gasteiger partial charge is 0.198 e. The molecule has 1 nitrogen and oxygen atoms in total. The van der Waals surface area contributed by atoms with E-state index in [-0.39, 0.29) is 0 Å². The zero-order valence-electron chi connectivity index (χ0n) is 9.34. The van der Waals surface area contributed by atoms with E-state index in [0.717, 1.165) is 12.5 Å². The quantitative estimate of drug-likeness (QED) is 0.686. The summed E-state index contributed by atoms with van der Waals surface area (Å²) in [6, 6.07) is 17.2. The molecule has 0 atom stereocenters. The Balaban J connectivity index is 1.89. The number of benzene rings is 1. The first-order valence-corrected chi connectivity index (χ1v) is 5.96. The van der Waals surface area contributed by atoms with Gasteiger partial charge in [-0.2, -0.15) is 4.57 Å². The Hall–Kier alpha value is -1.63. The van der Waals surface area contributed by atoms with Crippen LogP contribution in [0.15, 0.2) is 54.7 Å². The van der Waals surface area contributed by atoms with Crippen LogP contribution < -0.4 is 4.57 Å². The first-order valence-electron chi connectivity index (χ1n) is 5.96. The van der Waals surface area contributed by atoms with Gasteiger partial charge in [0.2, 0.25) is 0 Å². The summed E-state index contributed by atoms with van der Waals surface area (Å²) in [6.45, 7) is 0.994. The molecule has 1 saturated carbocycles. The van der Waals surface area contributed by atoms with Gasteiger partial charge in [-0.15, -0.1) is 0 Å². The van der Waals surface area contributed by atoms with Crippen molar-refractivity contribution in [3.63, 3.8) is 0 Å². The molecular formula is C15H16N+. The average Bonchev–Trinajstić information content (AvgIpc) is 3.15. The van der Waals surface area contributed by atoms with Crippen LogP contribution in [0.3, 0.4) is 0 Å². The van der Waals surface area contributed by atoms with E-state index in [4.69, 9.17) is 0 Å². The first kappa shape index (κ1) is 9.59. The van der Waals surface area contributed by atoms with E-state index >= 15 is 0 Å². The molecule has 0 N–H and O–H groups in total. The molecule has 3 rings (SSSR count). The van der Waals surface area contributed by atoms with Crippen molar-refractivity contribution >= 4 is 0 Å². The zero-order chi connectivity index (χ0) is 10.8. The molecule has 0 aliphatic heterocycles. The summed E-state index contributed by atoms with van der Waals surface area (Å²) in [5, 5.41) is 0. The van der Waals surface area contributed by atoms with Gasteiger partial charge in [0.15, 0.2) is 18.4 Å². The van der Waals surface area contributed by atoms with Crippen LogP contribution in [-0.2, 0) is 6.54 Å². The highest BCUT2D eigenvalue weighted by molar-refractivity contribution is 5.14. The highest BCUT2D eigenvalue weighted by atomic mass is 15.0. The molecule has 0 bridgehead atoms. The van der Waals surface area contributed by atoms with Crippen molar-refractivity contribution < 1.29 is 4.57 Å².